The van der Waals surface area contributed by atoms with E-state index in [1.165, 1.54) is 0 Å². The van der Waals surface area contributed by atoms with Crippen molar-refractivity contribution in [2.24, 2.45) is 5.73 Å². The fourth-order valence-corrected chi connectivity index (χ4v) is 3.39. The van der Waals surface area contributed by atoms with E-state index in [-0.39, 0.29) is 34.5 Å². The Kier molecular flexibility index (Phi) is 5.43. The number of esters is 1. The number of nitrogens with two attached hydrogens (primary N) is 1. The molecule has 3 rings (SSSR count). The average Bonchev–Trinajstić information content (AvgIpc) is 2.66. The number of allylic oxidation sites excluding steroid dienone is 2. The molecule has 0 saturated carbocycles. The number of hydrogen-bond acceptors (Lipinski definition) is 7. The molecule has 2 aromatic rings. The van der Waals surface area contributed by atoms with Gasteiger partial charge in [0.25, 0.3) is 0 Å². The molecule has 2 heterocycles. The number of aromatic nitrogens is 1. The Morgan fingerprint density at radius 2 is 2.18 bits per heavy atom. The van der Waals surface area contributed by atoms with E-state index in [4.69, 9.17) is 31.5 Å². The van der Waals surface area contributed by atoms with E-state index < -0.39 is 11.9 Å². The highest BCUT2D eigenvalue weighted by Crippen LogP contribution is 2.42. The molecule has 1 unspecified atom stereocenters. The molecular weight excluding hydrogens is 382 g/mol. The lowest BCUT2D eigenvalue weighted by Crippen LogP contribution is -2.25. The third kappa shape index (κ3) is 3.35. The van der Waals surface area contributed by atoms with Crippen LogP contribution in [0.4, 0.5) is 0 Å². The van der Waals surface area contributed by atoms with Crippen LogP contribution in [0.2, 0.25) is 5.15 Å². The zero-order chi connectivity index (χ0) is 20.4. The van der Waals surface area contributed by atoms with Crippen molar-refractivity contribution in [3.63, 3.8) is 0 Å². The summed E-state index contributed by atoms with van der Waals surface area (Å²) in [5, 5.41) is 10.6. The summed E-state index contributed by atoms with van der Waals surface area (Å²) in [4.78, 5) is 17.0. The molecule has 144 valence electrons. The Hall–Kier alpha value is -3.24. The van der Waals surface area contributed by atoms with Crippen LogP contribution in [0.5, 0.6) is 5.75 Å². The number of rotatable bonds is 4. The minimum atomic E-state index is -0.843. The number of methoxy groups -OCH3 is 1. The van der Waals surface area contributed by atoms with Crippen molar-refractivity contribution in [1.82, 2.24) is 4.98 Å². The summed E-state index contributed by atoms with van der Waals surface area (Å²) in [5.74, 6) is -0.630. The van der Waals surface area contributed by atoms with Crippen LogP contribution < -0.4 is 10.5 Å². The second-order valence-electron chi connectivity index (χ2n) is 6.04. The summed E-state index contributed by atoms with van der Waals surface area (Å²) in [7, 11) is 1.56. The van der Waals surface area contributed by atoms with Gasteiger partial charge in [0.2, 0.25) is 5.88 Å². The fraction of sp³-hybridized carbons (Fsp3) is 0.250. The molecule has 0 amide bonds. The summed E-state index contributed by atoms with van der Waals surface area (Å²) < 4.78 is 15.8. The van der Waals surface area contributed by atoms with Crippen molar-refractivity contribution < 1.29 is 19.0 Å². The number of carbonyl (C=O) groups is 1. The minimum absolute atomic E-state index is 0.0743. The largest absolute Gasteiger partial charge is 0.497 e. The van der Waals surface area contributed by atoms with Gasteiger partial charge in [0.1, 0.15) is 28.3 Å². The van der Waals surface area contributed by atoms with Gasteiger partial charge in [-0.25, -0.2) is 9.78 Å². The molecular formula is C20H18ClN3O4. The molecule has 0 radical (unpaired) electrons. The van der Waals surface area contributed by atoms with Crippen LogP contribution in [0.15, 0.2) is 47.1 Å². The third-order valence-corrected chi connectivity index (χ3v) is 4.72. The van der Waals surface area contributed by atoms with Gasteiger partial charge < -0.3 is 19.9 Å². The highest BCUT2D eigenvalue weighted by molar-refractivity contribution is 6.30. The number of pyridine rings is 1. The summed E-state index contributed by atoms with van der Waals surface area (Å²) in [6.45, 7) is 3.46. The van der Waals surface area contributed by atoms with Crippen molar-refractivity contribution in [3.8, 4) is 11.8 Å². The van der Waals surface area contributed by atoms with Crippen molar-refractivity contribution in [2.45, 2.75) is 19.8 Å². The van der Waals surface area contributed by atoms with Crippen LogP contribution >= 0.6 is 11.6 Å². The molecule has 8 heteroatoms. The second-order valence-corrected chi connectivity index (χ2v) is 6.40. The highest BCUT2D eigenvalue weighted by Gasteiger charge is 2.37. The van der Waals surface area contributed by atoms with E-state index in [2.05, 4.69) is 4.98 Å². The van der Waals surface area contributed by atoms with Crippen molar-refractivity contribution in [2.75, 3.05) is 13.7 Å². The SMILES string of the molecule is CCOC(=O)C1=C(C)OC(N)=C(C#N)C1c1cc2ccc(OC)cc2nc1Cl. The molecule has 0 saturated heterocycles. The lowest BCUT2D eigenvalue weighted by molar-refractivity contribution is -0.139. The van der Waals surface area contributed by atoms with Crippen LogP contribution in [-0.4, -0.2) is 24.7 Å². The van der Waals surface area contributed by atoms with Gasteiger partial charge in [0.15, 0.2) is 0 Å². The molecule has 0 spiro atoms. The summed E-state index contributed by atoms with van der Waals surface area (Å²) in [6, 6.07) is 9.15. The molecule has 1 aliphatic rings. The number of carbonyl (C=O) groups excluding carboxylic acids is 1. The molecule has 7 nitrogen and oxygen atoms in total. The van der Waals surface area contributed by atoms with Gasteiger partial charge in [-0.15, -0.1) is 0 Å². The number of halogens is 1. The number of benzene rings is 1. The third-order valence-electron chi connectivity index (χ3n) is 4.42. The molecule has 1 aromatic carbocycles. The molecule has 0 bridgehead atoms. The van der Waals surface area contributed by atoms with E-state index in [0.29, 0.717) is 16.8 Å². The van der Waals surface area contributed by atoms with Crippen LogP contribution in [0.25, 0.3) is 10.9 Å². The maximum atomic E-state index is 12.6. The Morgan fingerprint density at radius 1 is 1.43 bits per heavy atom. The molecule has 0 fully saturated rings. The summed E-state index contributed by atoms with van der Waals surface area (Å²) >= 11 is 6.46. The van der Waals surface area contributed by atoms with Crippen LogP contribution in [0.1, 0.15) is 25.3 Å². The predicted octanol–water partition coefficient (Wildman–Crippen LogP) is 3.54. The standard InChI is InChI=1S/C20H18ClN3O4/c1-4-27-20(25)16-10(2)28-19(23)14(9-22)17(16)13-7-11-5-6-12(26-3)8-15(11)24-18(13)21/h5-8,17H,4,23H2,1-3H3. The van der Waals surface area contributed by atoms with E-state index in [0.717, 1.165) is 5.39 Å². The smallest absolute Gasteiger partial charge is 0.338 e. The Morgan fingerprint density at radius 3 is 2.82 bits per heavy atom. The summed E-state index contributed by atoms with van der Waals surface area (Å²) in [6.07, 6.45) is 0. The average molecular weight is 400 g/mol. The van der Waals surface area contributed by atoms with Gasteiger partial charge >= 0.3 is 5.97 Å². The molecule has 0 aliphatic carbocycles. The van der Waals surface area contributed by atoms with Gasteiger partial charge in [0, 0.05) is 17.0 Å². The molecule has 1 atom stereocenters. The number of fused-ring (bicyclic) bond motifs is 1. The topological polar surface area (TPSA) is 107 Å². The van der Waals surface area contributed by atoms with Crippen molar-refractivity contribution in [3.05, 3.63) is 57.8 Å². The second kappa shape index (κ2) is 7.79. The number of nitrogens with zero attached hydrogens (tertiary/aromatic N) is 2. The monoisotopic (exact) mass is 399 g/mol. The van der Waals surface area contributed by atoms with Crippen molar-refractivity contribution in [1.29, 1.82) is 5.26 Å². The Balaban J connectivity index is 2.24. The van der Waals surface area contributed by atoms with Gasteiger partial charge in [0.05, 0.1) is 30.7 Å². The number of hydrogen-bond donors (Lipinski definition) is 1. The maximum Gasteiger partial charge on any atom is 0.338 e. The highest BCUT2D eigenvalue weighted by atomic mass is 35.5. The lowest BCUT2D eigenvalue weighted by Gasteiger charge is -2.27. The number of nitriles is 1. The van der Waals surface area contributed by atoms with Gasteiger partial charge in [-0.05, 0) is 32.0 Å². The molecule has 1 aromatic heterocycles. The maximum absolute atomic E-state index is 12.6. The first-order valence-corrected chi connectivity index (χ1v) is 8.88. The van der Waals surface area contributed by atoms with Crippen LogP contribution in [0.3, 0.4) is 0 Å². The zero-order valence-electron chi connectivity index (χ0n) is 15.6. The predicted molar refractivity (Wildman–Crippen MR) is 103 cm³/mol. The van der Waals surface area contributed by atoms with Crippen molar-refractivity contribution >= 4 is 28.5 Å². The van der Waals surface area contributed by atoms with Crippen LogP contribution in [-0.2, 0) is 14.3 Å². The lowest BCUT2D eigenvalue weighted by atomic mass is 9.83. The summed E-state index contributed by atoms with van der Waals surface area (Å²) in [5.41, 5.74) is 7.24. The van der Waals surface area contributed by atoms with E-state index >= 15 is 0 Å². The van der Waals surface area contributed by atoms with E-state index in [9.17, 15) is 10.1 Å². The van der Waals surface area contributed by atoms with Gasteiger partial charge in [-0.2, -0.15) is 5.26 Å². The molecule has 1 aliphatic heterocycles. The fourth-order valence-electron chi connectivity index (χ4n) is 3.13. The van der Waals surface area contributed by atoms with E-state index in [1.807, 2.05) is 12.1 Å². The Bertz CT molecular complexity index is 1070. The van der Waals surface area contributed by atoms with Gasteiger partial charge in [-0.1, -0.05) is 11.6 Å². The Labute approximate surface area is 166 Å². The molecule has 28 heavy (non-hydrogen) atoms. The molecule has 2 N–H and O–H groups in total. The first-order valence-electron chi connectivity index (χ1n) is 8.50. The van der Waals surface area contributed by atoms with Gasteiger partial charge in [-0.3, -0.25) is 0 Å². The first-order chi connectivity index (χ1) is 13.4. The zero-order valence-corrected chi connectivity index (χ0v) is 16.3. The first kappa shape index (κ1) is 19.5. The normalized spacial score (nSPS) is 16.6. The number of ether oxygens (including phenoxy) is 3. The van der Waals surface area contributed by atoms with Crippen LogP contribution in [0, 0.1) is 11.3 Å². The quantitative estimate of drug-likeness (QED) is 0.618. The van der Waals surface area contributed by atoms with E-state index in [1.54, 1.807) is 39.2 Å². The minimum Gasteiger partial charge on any atom is -0.497 e.